The minimum atomic E-state index is -0.364. The molecule has 1 atom stereocenters. The van der Waals surface area contributed by atoms with Crippen LogP contribution in [0.2, 0.25) is 0 Å². The maximum atomic E-state index is 11.8. The van der Waals surface area contributed by atoms with Crippen LogP contribution in [0.1, 0.15) is 32.8 Å². The highest BCUT2D eigenvalue weighted by Crippen LogP contribution is 2.20. The number of rotatable bonds is 7. The van der Waals surface area contributed by atoms with Crippen LogP contribution in [0.4, 0.5) is 11.6 Å². The van der Waals surface area contributed by atoms with Gasteiger partial charge in [-0.05, 0) is 19.8 Å². The Labute approximate surface area is 113 Å². The molecule has 0 radical (unpaired) electrons. The number of nitrogens with two attached hydrogens (primary N) is 1. The van der Waals surface area contributed by atoms with Crippen molar-refractivity contribution in [2.24, 2.45) is 5.84 Å². The number of hydrazine groups is 1. The molecule has 0 aromatic carbocycles. The number of nitrogens with zero attached hydrogens (tertiary/aromatic N) is 2. The zero-order chi connectivity index (χ0) is 14.3. The van der Waals surface area contributed by atoms with E-state index < -0.39 is 0 Å². The van der Waals surface area contributed by atoms with Crippen LogP contribution in [0.3, 0.4) is 0 Å². The number of anilines is 2. The summed E-state index contributed by atoms with van der Waals surface area (Å²) in [6, 6.07) is -0.364. The van der Waals surface area contributed by atoms with E-state index in [0.29, 0.717) is 24.6 Å². The molecule has 1 amide bonds. The van der Waals surface area contributed by atoms with Gasteiger partial charge >= 0.3 is 0 Å². The average Bonchev–Trinajstić information content (AvgIpc) is 2.44. The van der Waals surface area contributed by atoms with Gasteiger partial charge in [0.05, 0.1) is 0 Å². The smallest absolute Gasteiger partial charge is 0.242 e. The normalized spacial score (nSPS) is 11.8. The molecule has 0 spiro atoms. The van der Waals surface area contributed by atoms with Gasteiger partial charge in [-0.25, -0.2) is 15.8 Å². The molecule has 1 unspecified atom stereocenters. The van der Waals surface area contributed by atoms with E-state index in [1.54, 1.807) is 6.92 Å². The first-order chi connectivity index (χ1) is 9.13. The molecule has 0 aliphatic carbocycles. The predicted octanol–water partition coefficient (Wildman–Crippen LogP) is 0.651. The first kappa shape index (κ1) is 15.2. The third-order valence-electron chi connectivity index (χ3n) is 2.73. The standard InChI is InChI=1S/C12H22N6O/c1-4-6-14-12(19)8(3)17-10-9(5-2)11(18-13)16-7-15-10/h7-8H,4-6,13H2,1-3H3,(H,14,19)(H2,15,16,17,18). The molecule has 0 bridgehead atoms. The summed E-state index contributed by atoms with van der Waals surface area (Å²) in [5, 5.41) is 5.92. The molecular weight excluding hydrogens is 244 g/mol. The lowest BCUT2D eigenvalue weighted by molar-refractivity contribution is -0.121. The van der Waals surface area contributed by atoms with E-state index >= 15 is 0 Å². The van der Waals surface area contributed by atoms with Crippen molar-refractivity contribution in [2.45, 2.75) is 39.7 Å². The molecule has 0 saturated heterocycles. The second kappa shape index (κ2) is 7.52. The number of nitrogens with one attached hydrogen (secondary N) is 3. The molecule has 1 heterocycles. The van der Waals surface area contributed by atoms with Gasteiger partial charge in [0.1, 0.15) is 24.0 Å². The quantitative estimate of drug-likeness (QED) is 0.426. The molecule has 1 aromatic heterocycles. The van der Waals surface area contributed by atoms with Crippen LogP contribution in [0.25, 0.3) is 0 Å². The van der Waals surface area contributed by atoms with E-state index in [0.717, 1.165) is 12.0 Å². The highest BCUT2D eigenvalue weighted by atomic mass is 16.2. The second-order valence-electron chi connectivity index (χ2n) is 4.20. The lowest BCUT2D eigenvalue weighted by Crippen LogP contribution is -2.38. The van der Waals surface area contributed by atoms with Crippen molar-refractivity contribution >= 4 is 17.5 Å². The Balaban J connectivity index is 2.78. The molecule has 5 N–H and O–H groups in total. The van der Waals surface area contributed by atoms with Crippen LogP contribution in [0.5, 0.6) is 0 Å². The number of carbonyl (C=O) groups excluding carboxylic acids is 1. The van der Waals surface area contributed by atoms with Crippen LogP contribution < -0.4 is 21.9 Å². The average molecular weight is 266 g/mol. The minimum absolute atomic E-state index is 0.0511. The lowest BCUT2D eigenvalue weighted by atomic mass is 10.2. The van der Waals surface area contributed by atoms with E-state index in [9.17, 15) is 4.79 Å². The topological polar surface area (TPSA) is 105 Å². The Morgan fingerprint density at radius 3 is 2.63 bits per heavy atom. The Kier molecular flexibility index (Phi) is 6.01. The van der Waals surface area contributed by atoms with Crippen molar-refractivity contribution in [3.63, 3.8) is 0 Å². The van der Waals surface area contributed by atoms with Crippen LogP contribution in [0.15, 0.2) is 6.33 Å². The molecule has 0 saturated carbocycles. The van der Waals surface area contributed by atoms with Gasteiger partial charge in [-0.15, -0.1) is 0 Å². The molecule has 0 aliphatic heterocycles. The predicted molar refractivity (Wildman–Crippen MR) is 75.6 cm³/mol. The Morgan fingerprint density at radius 1 is 1.37 bits per heavy atom. The van der Waals surface area contributed by atoms with Gasteiger partial charge in [0.15, 0.2) is 0 Å². The first-order valence-electron chi connectivity index (χ1n) is 6.48. The lowest BCUT2D eigenvalue weighted by Gasteiger charge is -2.17. The van der Waals surface area contributed by atoms with E-state index in [1.807, 2.05) is 13.8 Å². The fourth-order valence-electron chi connectivity index (χ4n) is 1.67. The van der Waals surface area contributed by atoms with E-state index in [1.165, 1.54) is 6.33 Å². The van der Waals surface area contributed by atoms with Crippen molar-refractivity contribution in [1.82, 2.24) is 15.3 Å². The number of aromatic nitrogens is 2. The maximum Gasteiger partial charge on any atom is 0.242 e. The fraction of sp³-hybridized carbons (Fsp3) is 0.583. The summed E-state index contributed by atoms with van der Waals surface area (Å²) < 4.78 is 0. The molecule has 106 valence electrons. The van der Waals surface area contributed by atoms with Crippen LogP contribution in [0, 0.1) is 0 Å². The number of amides is 1. The summed E-state index contributed by atoms with van der Waals surface area (Å²) in [5.41, 5.74) is 3.39. The van der Waals surface area contributed by atoms with Crippen molar-refractivity contribution in [3.8, 4) is 0 Å². The summed E-state index contributed by atoms with van der Waals surface area (Å²) in [6.45, 7) is 6.46. The van der Waals surface area contributed by atoms with Gasteiger partial charge in [0.25, 0.3) is 0 Å². The van der Waals surface area contributed by atoms with Crippen LogP contribution in [-0.2, 0) is 11.2 Å². The second-order valence-corrected chi connectivity index (χ2v) is 4.20. The van der Waals surface area contributed by atoms with E-state index in [4.69, 9.17) is 5.84 Å². The first-order valence-corrected chi connectivity index (χ1v) is 6.48. The number of nitrogen functional groups attached to an aromatic ring is 1. The van der Waals surface area contributed by atoms with Gasteiger partial charge in [0.2, 0.25) is 5.91 Å². The molecule has 0 fully saturated rings. The fourth-order valence-corrected chi connectivity index (χ4v) is 1.67. The van der Waals surface area contributed by atoms with Crippen LogP contribution in [-0.4, -0.2) is 28.5 Å². The molecule has 19 heavy (non-hydrogen) atoms. The van der Waals surface area contributed by atoms with Crippen molar-refractivity contribution < 1.29 is 4.79 Å². The van der Waals surface area contributed by atoms with E-state index in [2.05, 4.69) is 26.0 Å². The number of carbonyl (C=O) groups is 1. The highest BCUT2D eigenvalue weighted by Gasteiger charge is 2.15. The van der Waals surface area contributed by atoms with Gasteiger partial charge in [0, 0.05) is 12.1 Å². The van der Waals surface area contributed by atoms with Gasteiger partial charge in [-0.3, -0.25) is 4.79 Å². The number of hydrogen-bond acceptors (Lipinski definition) is 6. The zero-order valence-corrected chi connectivity index (χ0v) is 11.7. The van der Waals surface area contributed by atoms with Crippen LogP contribution >= 0.6 is 0 Å². The molecule has 7 heteroatoms. The summed E-state index contributed by atoms with van der Waals surface area (Å²) in [5.74, 6) is 6.55. The zero-order valence-electron chi connectivity index (χ0n) is 11.7. The molecule has 1 rings (SSSR count). The molecule has 1 aromatic rings. The van der Waals surface area contributed by atoms with Crippen molar-refractivity contribution in [1.29, 1.82) is 0 Å². The van der Waals surface area contributed by atoms with Gasteiger partial charge in [-0.2, -0.15) is 0 Å². The molecular formula is C12H22N6O. The Hall–Kier alpha value is -1.89. The third-order valence-corrected chi connectivity index (χ3v) is 2.73. The summed E-state index contributed by atoms with van der Waals surface area (Å²) >= 11 is 0. The number of hydrogen-bond donors (Lipinski definition) is 4. The van der Waals surface area contributed by atoms with Gasteiger partial charge < -0.3 is 16.1 Å². The Bertz CT molecular complexity index is 423. The largest absolute Gasteiger partial charge is 0.358 e. The van der Waals surface area contributed by atoms with Crippen molar-refractivity contribution in [2.75, 3.05) is 17.3 Å². The SMILES string of the molecule is CCCNC(=O)C(C)Nc1ncnc(NN)c1CC. The molecule has 0 aliphatic rings. The Morgan fingerprint density at radius 2 is 2.05 bits per heavy atom. The van der Waals surface area contributed by atoms with Crippen molar-refractivity contribution in [3.05, 3.63) is 11.9 Å². The molecule has 7 nitrogen and oxygen atoms in total. The summed E-state index contributed by atoms with van der Waals surface area (Å²) in [4.78, 5) is 20.0. The van der Waals surface area contributed by atoms with E-state index in [-0.39, 0.29) is 11.9 Å². The van der Waals surface area contributed by atoms with Gasteiger partial charge in [-0.1, -0.05) is 13.8 Å². The summed E-state index contributed by atoms with van der Waals surface area (Å²) in [6.07, 6.45) is 3.03. The monoisotopic (exact) mass is 266 g/mol. The highest BCUT2D eigenvalue weighted by molar-refractivity contribution is 5.84. The maximum absolute atomic E-state index is 11.8. The third kappa shape index (κ3) is 4.06. The minimum Gasteiger partial charge on any atom is -0.358 e. The summed E-state index contributed by atoms with van der Waals surface area (Å²) in [7, 11) is 0.